The molecule has 0 radical (unpaired) electrons. The molecule has 26 heavy (non-hydrogen) atoms. The van der Waals surface area contributed by atoms with Crippen molar-refractivity contribution >= 4 is 45.4 Å². The fourth-order valence-corrected chi connectivity index (χ4v) is 2.45. The first-order valence-corrected chi connectivity index (χ1v) is 8.36. The van der Waals surface area contributed by atoms with Crippen molar-refractivity contribution in [1.82, 2.24) is 0 Å². The first-order chi connectivity index (χ1) is 12.4. The SMILES string of the molecule is CC(=O)c1ccccc1NC(=O)COC(=O)/C=C/c1cc(Br)ccc1F. The van der Waals surface area contributed by atoms with Crippen molar-refractivity contribution in [3.8, 4) is 0 Å². The van der Waals surface area contributed by atoms with Crippen molar-refractivity contribution in [2.45, 2.75) is 6.92 Å². The smallest absolute Gasteiger partial charge is 0.331 e. The van der Waals surface area contributed by atoms with Gasteiger partial charge in [0.15, 0.2) is 12.4 Å². The van der Waals surface area contributed by atoms with Crippen LogP contribution in [0.2, 0.25) is 0 Å². The zero-order valence-corrected chi connectivity index (χ0v) is 15.4. The zero-order chi connectivity index (χ0) is 19.1. The van der Waals surface area contributed by atoms with Crippen LogP contribution in [0.5, 0.6) is 0 Å². The molecular formula is C19H15BrFNO4. The molecule has 0 unspecified atom stereocenters. The fourth-order valence-electron chi connectivity index (χ4n) is 2.07. The minimum atomic E-state index is -0.792. The Kier molecular flexibility index (Phi) is 6.80. The van der Waals surface area contributed by atoms with Crippen LogP contribution in [0.1, 0.15) is 22.8 Å². The molecule has 0 aliphatic heterocycles. The lowest BCUT2D eigenvalue weighted by Crippen LogP contribution is -2.21. The van der Waals surface area contributed by atoms with Gasteiger partial charge in [0.25, 0.3) is 5.91 Å². The molecule has 1 amide bonds. The quantitative estimate of drug-likeness (QED) is 0.436. The molecule has 0 aliphatic carbocycles. The number of halogens is 2. The number of carbonyl (C=O) groups excluding carboxylic acids is 3. The van der Waals surface area contributed by atoms with E-state index in [-0.39, 0.29) is 11.3 Å². The third kappa shape index (κ3) is 5.63. The number of hydrogen-bond acceptors (Lipinski definition) is 4. The zero-order valence-electron chi connectivity index (χ0n) is 13.8. The number of hydrogen-bond donors (Lipinski definition) is 1. The van der Waals surface area contributed by atoms with Crippen molar-refractivity contribution < 1.29 is 23.5 Å². The topological polar surface area (TPSA) is 72.5 Å². The van der Waals surface area contributed by atoms with E-state index in [1.54, 1.807) is 24.3 Å². The van der Waals surface area contributed by atoms with Gasteiger partial charge in [0.1, 0.15) is 5.82 Å². The Labute approximate surface area is 158 Å². The Morgan fingerprint density at radius 1 is 1.19 bits per heavy atom. The number of rotatable bonds is 6. The Bertz CT molecular complexity index is 880. The Hall–Kier alpha value is -2.80. The number of Topliss-reactive ketones (excluding diaryl/α,β-unsaturated/α-hetero) is 1. The van der Waals surface area contributed by atoms with Crippen molar-refractivity contribution in [2.75, 3.05) is 11.9 Å². The second-order valence-corrected chi connectivity index (χ2v) is 6.17. The molecule has 0 heterocycles. The van der Waals surface area contributed by atoms with Gasteiger partial charge in [-0.15, -0.1) is 0 Å². The van der Waals surface area contributed by atoms with Crippen molar-refractivity contribution in [2.24, 2.45) is 0 Å². The Balaban J connectivity index is 1.91. The number of carbonyl (C=O) groups is 3. The molecule has 0 bridgehead atoms. The lowest BCUT2D eigenvalue weighted by molar-refractivity contribution is -0.142. The van der Waals surface area contributed by atoms with E-state index in [4.69, 9.17) is 4.74 Å². The average molecular weight is 420 g/mol. The number of para-hydroxylation sites is 1. The van der Waals surface area contributed by atoms with Gasteiger partial charge in [0, 0.05) is 21.7 Å². The Morgan fingerprint density at radius 2 is 1.92 bits per heavy atom. The molecule has 0 saturated heterocycles. The first kappa shape index (κ1) is 19.5. The van der Waals surface area contributed by atoms with Crippen LogP contribution >= 0.6 is 15.9 Å². The predicted molar refractivity (Wildman–Crippen MR) is 99.2 cm³/mol. The van der Waals surface area contributed by atoms with Crippen LogP contribution in [0.3, 0.4) is 0 Å². The maximum atomic E-state index is 13.6. The van der Waals surface area contributed by atoms with Gasteiger partial charge in [-0.05, 0) is 43.3 Å². The number of anilines is 1. The number of esters is 1. The lowest BCUT2D eigenvalue weighted by atomic mass is 10.1. The molecule has 2 rings (SSSR count). The van der Waals surface area contributed by atoms with Crippen LogP contribution in [-0.2, 0) is 14.3 Å². The van der Waals surface area contributed by atoms with Crippen molar-refractivity contribution in [3.63, 3.8) is 0 Å². The number of ether oxygens (including phenoxy) is 1. The summed E-state index contributed by atoms with van der Waals surface area (Å²) in [5.74, 6) is -2.07. The van der Waals surface area contributed by atoms with E-state index in [2.05, 4.69) is 21.2 Å². The highest BCUT2D eigenvalue weighted by Gasteiger charge is 2.11. The highest BCUT2D eigenvalue weighted by Crippen LogP contribution is 2.17. The van der Waals surface area contributed by atoms with Gasteiger partial charge < -0.3 is 10.1 Å². The second-order valence-electron chi connectivity index (χ2n) is 5.26. The fraction of sp³-hybridized carbons (Fsp3) is 0.105. The second kappa shape index (κ2) is 9.05. The summed E-state index contributed by atoms with van der Waals surface area (Å²) in [5, 5.41) is 2.51. The molecule has 7 heteroatoms. The molecule has 0 spiro atoms. The summed E-state index contributed by atoms with van der Waals surface area (Å²) in [6.07, 6.45) is 2.28. The lowest BCUT2D eigenvalue weighted by Gasteiger charge is -2.08. The van der Waals surface area contributed by atoms with Crippen LogP contribution in [-0.4, -0.2) is 24.3 Å². The van der Waals surface area contributed by atoms with Gasteiger partial charge in [-0.1, -0.05) is 28.1 Å². The molecule has 0 aromatic heterocycles. The summed E-state index contributed by atoms with van der Waals surface area (Å²) in [6, 6.07) is 10.8. The summed E-state index contributed by atoms with van der Waals surface area (Å²) in [6.45, 7) is 0.854. The highest BCUT2D eigenvalue weighted by molar-refractivity contribution is 9.10. The highest BCUT2D eigenvalue weighted by atomic mass is 79.9. The molecule has 0 fully saturated rings. The van der Waals surface area contributed by atoms with E-state index in [9.17, 15) is 18.8 Å². The number of benzene rings is 2. The summed E-state index contributed by atoms with van der Waals surface area (Å²) >= 11 is 3.21. The van der Waals surface area contributed by atoms with Gasteiger partial charge in [0.05, 0.1) is 5.69 Å². The molecular weight excluding hydrogens is 405 g/mol. The van der Waals surface area contributed by atoms with Gasteiger partial charge in [-0.25, -0.2) is 9.18 Å². The molecule has 2 aromatic carbocycles. The summed E-state index contributed by atoms with van der Waals surface area (Å²) in [4.78, 5) is 35.0. The van der Waals surface area contributed by atoms with E-state index in [0.29, 0.717) is 15.7 Å². The first-order valence-electron chi connectivity index (χ1n) is 7.56. The van der Waals surface area contributed by atoms with Crippen molar-refractivity contribution in [1.29, 1.82) is 0 Å². The Morgan fingerprint density at radius 3 is 2.65 bits per heavy atom. The largest absolute Gasteiger partial charge is 0.452 e. The maximum Gasteiger partial charge on any atom is 0.331 e. The summed E-state index contributed by atoms with van der Waals surface area (Å²) in [7, 11) is 0. The number of amides is 1. The number of nitrogens with one attached hydrogen (secondary N) is 1. The minimum absolute atomic E-state index is 0.197. The molecule has 0 saturated carbocycles. The standard InChI is InChI=1S/C19H15BrFNO4/c1-12(23)15-4-2-3-5-17(15)22-18(24)11-26-19(25)9-6-13-10-14(20)7-8-16(13)21/h2-10H,11H2,1H3,(H,22,24)/b9-6+. The average Bonchev–Trinajstić information content (AvgIpc) is 2.61. The van der Waals surface area contributed by atoms with E-state index < -0.39 is 24.3 Å². The third-order valence-electron chi connectivity index (χ3n) is 3.28. The van der Waals surface area contributed by atoms with E-state index in [0.717, 1.165) is 6.08 Å². The monoisotopic (exact) mass is 419 g/mol. The van der Waals surface area contributed by atoms with Crippen LogP contribution in [0.25, 0.3) is 6.08 Å². The van der Waals surface area contributed by atoms with Crippen LogP contribution in [0.15, 0.2) is 53.0 Å². The minimum Gasteiger partial charge on any atom is -0.452 e. The van der Waals surface area contributed by atoms with E-state index >= 15 is 0 Å². The van der Waals surface area contributed by atoms with Gasteiger partial charge in [-0.3, -0.25) is 9.59 Å². The number of ketones is 1. The van der Waals surface area contributed by atoms with E-state index in [1.807, 2.05) is 0 Å². The molecule has 2 aromatic rings. The molecule has 0 aliphatic rings. The molecule has 0 atom stereocenters. The summed E-state index contributed by atoms with van der Waals surface area (Å²) < 4.78 is 19.0. The van der Waals surface area contributed by atoms with Gasteiger partial charge in [0.2, 0.25) is 0 Å². The molecule has 134 valence electrons. The van der Waals surface area contributed by atoms with Crippen LogP contribution < -0.4 is 5.32 Å². The molecule has 1 N–H and O–H groups in total. The van der Waals surface area contributed by atoms with Gasteiger partial charge >= 0.3 is 5.97 Å². The van der Waals surface area contributed by atoms with E-state index in [1.165, 1.54) is 31.2 Å². The van der Waals surface area contributed by atoms with Crippen LogP contribution in [0.4, 0.5) is 10.1 Å². The predicted octanol–water partition coefficient (Wildman–Crippen LogP) is 3.99. The van der Waals surface area contributed by atoms with Gasteiger partial charge in [-0.2, -0.15) is 0 Å². The normalized spacial score (nSPS) is 10.6. The van der Waals surface area contributed by atoms with Crippen LogP contribution in [0, 0.1) is 5.82 Å². The maximum absolute atomic E-state index is 13.6. The third-order valence-corrected chi connectivity index (χ3v) is 3.78. The van der Waals surface area contributed by atoms with Crippen molar-refractivity contribution in [3.05, 3.63) is 70.0 Å². The summed E-state index contributed by atoms with van der Waals surface area (Å²) in [5.41, 5.74) is 0.904. The molecule has 5 nitrogen and oxygen atoms in total.